The number of rotatable bonds is 3. The number of nitrogens with zero attached hydrogens (tertiary/aromatic N) is 1. The van der Waals surface area contributed by atoms with Crippen molar-refractivity contribution in [3.8, 4) is 0 Å². The van der Waals surface area contributed by atoms with Crippen LogP contribution in [0.25, 0.3) is 0 Å². The van der Waals surface area contributed by atoms with E-state index in [0.717, 1.165) is 10.5 Å². The lowest BCUT2D eigenvalue weighted by atomic mass is 10.0. The van der Waals surface area contributed by atoms with Gasteiger partial charge in [-0.3, -0.25) is 4.90 Å². The highest BCUT2D eigenvalue weighted by Gasteiger charge is 2.37. The lowest BCUT2D eigenvalue weighted by Crippen LogP contribution is -2.50. The van der Waals surface area contributed by atoms with Gasteiger partial charge in [0.25, 0.3) is 0 Å². The topological polar surface area (TPSA) is 66.8 Å². The molecule has 2 rings (SSSR count). The Hall–Kier alpha value is -2.11. The first-order valence-electron chi connectivity index (χ1n) is 6.42. The molecule has 6 heteroatoms. The van der Waals surface area contributed by atoms with Crippen LogP contribution in [0.1, 0.15) is 18.4 Å². The van der Waals surface area contributed by atoms with E-state index in [4.69, 9.17) is 9.84 Å². The van der Waals surface area contributed by atoms with E-state index in [9.17, 15) is 14.0 Å². The SMILES string of the molecule is O=C(O)[C@@H]1C[C@H](F)CCN1C(=O)OCc1ccccc1. The minimum Gasteiger partial charge on any atom is -0.480 e. The highest BCUT2D eigenvalue weighted by molar-refractivity contribution is 5.80. The molecule has 1 N–H and O–H groups in total. The fourth-order valence-electron chi connectivity index (χ4n) is 2.18. The Bertz CT molecular complexity index is 479. The normalized spacial score (nSPS) is 22.4. The predicted molar refractivity (Wildman–Crippen MR) is 68.9 cm³/mol. The molecule has 1 aliphatic rings. The largest absolute Gasteiger partial charge is 0.480 e. The van der Waals surface area contributed by atoms with Gasteiger partial charge in [0.2, 0.25) is 0 Å². The van der Waals surface area contributed by atoms with Gasteiger partial charge in [-0.1, -0.05) is 30.3 Å². The smallest absolute Gasteiger partial charge is 0.410 e. The number of ether oxygens (including phenoxy) is 1. The molecule has 0 bridgehead atoms. The van der Waals surface area contributed by atoms with Crippen LogP contribution in [-0.4, -0.2) is 40.8 Å². The second kappa shape index (κ2) is 6.36. The quantitative estimate of drug-likeness (QED) is 0.922. The number of hydrogen-bond acceptors (Lipinski definition) is 3. The maximum Gasteiger partial charge on any atom is 0.410 e. The van der Waals surface area contributed by atoms with Gasteiger partial charge in [-0.25, -0.2) is 14.0 Å². The monoisotopic (exact) mass is 281 g/mol. The first-order valence-corrected chi connectivity index (χ1v) is 6.42. The summed E-state index contributed by atoms with van der Waals surface area (Å²) >= 11 is 0. The molecule has 0 aliphatic carbocycles. The van der Waals surface area contributed by atoms with E-state index in [1.165, 1.54) is 0 Å². The second-order valence-electron chi connectivity index (χ2n) is 4.71. The van der Waals surface area contributed by atoms with Crippen molar-refractivity contribution in [2.75, 3.05) is 6.54 Å². The Balaban J connectivity index is 1.95. The van der Waals surface area contributed by atoms with Gasteiger partial charge in [0, 0.05) is 13.0 Å². The van der Waals surface area contributed by atoms with Crippen LogP contribution in [0, 0.1) is 0 Å². The third-order valence-electron chi connectivity index (χ3n) is 3.26. The molecule has 1 heterocycles. The van der Waals surface area contributed by atoms with Crippen LogP contribution in [0.4, 0.5) is 9.18 Å². The zero-order valence-electron chi connectivity index (χ0n) is 10.9. The molecule has 1 aliphatic heterocycles. The first-order chi connectivity index (χ1) is 9.58. The molecule has 1 aromatic carbocycles. The zero-order chi connectivity index (χ0) is 14.5. The van der Waals surface area contributed by atoms with E-state index in [0.29, 0.717) is 0 Å². The molecule has 1 saturated heterocycles. The number of carboxylic acids is 1. The molecular formula is C14H16FNO4. The van der Waals surface area contributed by atoms with Gasteiger partial charge in [0.1, 0.15) is 18.8 Å². The van der Waals surface area contributed by atoms with Gasteiger partial charge < -0.3 is 9.84 Å². The molecule has 0 unspecified atom stereocenters. The van der Waals surface area contributed by atoms with E-state index in [1.807, 2.05) is 18.2 Å². The molecule has 0 aromatic heterocycles. The molecule has 108 valence electrons. The van der Waals surface area contributed by atoms with E-state index in [2.05, 4.69) is 0 Å². The molecular weight excluding hydrogens is 265 g/mol. The maximum atomic E-state index is 13.2. The Labute approximate surface area is 116 Å². The fourth-order valence-corrected chi connectivity index (χ4v) is 2.18. The van der Waals surface area contributed by atoms with Crippen LogP contribution in [0.3, 0.4) is 0 Å². The molecule has 5 nitrogen and oxygen atoms in total. The average Bonchev–Trinajstić information content (AvgIpc) is 2.45. The number of carbonyl (C=O) groups is 2. The van der Waals surface area contributed by atoms with Crippen LogP contribution in [-0.2, 0) is 16.1 Å². The summed E-state index contributed by atoms with van der Waals surface area (Å²) in [6, 6.07) is 7.93. The number of likely N-dealkylation sites (tertiary alicyclic amines) is 1. The van der Waals surface area contributed by atoms with Gasteiger partial charge in [-0.15, -0.1) is 0 Å². The van der Waals surface area contributed by atoms with Crippen molar-refractivity contribution < 1.29 is 23.8 Å². The summed E-state index contributed by atoms with van der Waals surface area (Å²) in [6.45, 7) is 0.132. The number of piperidine rings is 1. The highest BCUT2D eigenvalue weighted by atomic mass is 19.1. The van der Waals surface area contributed by atoms with Gasteiger partial charge in [-0.2, -0.15) is 0 Å². The summed E-state index contributed by atoms with van der Waals surface area (Å²) in [5.74, 6) is -1.20. The summed E-state index contributed by atoms with van der Waals surface area (Å²) in [6.07, 6.45) is -1.94. The van der Waals surface area contributed by atoms with Crippen molar-refractivity contribution in [2.24, 2.45) is 0 Å². The van der Waals surface area contributed by atoms with Crippen LogP contribution in [0.5, 0.6) is 0 Å². The molecule has 1 amide bonds. The van der Waals surface area contributed by atoms with E-state index < -0.39 is 24.3 Å². The zero-order valence-corrected chi connectivity index (χ0v) is 10.9. The van der Waals surface area contributed by atoms with Crippen molar-refractivity contribution in [1.82, 2.24) is 4.90 Å². The first kappa shape index (κ1) is 14.3. The predicted octanol–water partition coefficient (Wildman–Crippen LogP) is 2.21. The number of alkyl halides is 1. The number of amides is 1. The fraction of sp³-hybridized carbons (Fsp3) is 0.429. The molecule has 1 fully saturated rings. The summed E-state index contributed by atoms with van der Waals surface area (Å²) in [5.41, 5.74) is 0.813. The molecule has 0 spiro atoms. The number of carboxylic acid groups (broad SMARTS) is 1. The molecule has 0 saturated carbocycles. The number of aliphatic carboxylic acids is 1. The number of halogens is 1. The molecule has 0 radical (unpaired) electrons. The summed E-state index contributed by atoms with van der Waals surface area (Å²) < 4.78 is 18.3. The Morgan fingerprint density at radius 1 is 1.35 bits per heavy atom. The van der Waals surface area contributed by atoms with Crippen molar-refractivity contribution in [1.29, 1.82) is 0 Å². The maximum absolute atomic E-state index is 13.2. The molecule has 1 aromatic rings. The van der Waals surface area contributed by atoms with Crippen molar-refractivity contribution in [3.63, 3.8) is 0 Å². The molecule has 20 heavy (non-hydrogen) atoms. The minimum absolute atomic E-state index is 0.0613. The van der Waals surface area contributed by atoms with Gasteiger partial charge >= 0.3 is 12.1 Å². The van der Waals surface area contributed by atoms with Crippen LogP contribution >= 0.6 is 0 Å². The number of benzene rings is 1. The summed E-state index contributed by atoms with van der Waals surface area (Å²) in [7, 11) is 0. The minimum atomic E-state index is -1.20. The van der Waals surface area contributed by atoms with Gasteiger partial charge in [0.15, 0.2) is 0 Å². The lowest BCUT2D eigenvalue weighted by molar-refractivity contribution is -0.144. The van der Waals surface area contributed by atoms with E-state index in [1.54, 1.807) is 12.1 Å². The third-order valence-corrected chi connectivity index (χ3v) is 3.26. The lowest BCUT2D eigenvalue weighted by Gasteiger charge is -2.33. The van der Waals surface area contributed by atoms with Gasteiger partial charge in [0.05, 0.1) is 0 Å². The second-order valence-corrected chi connectivity index (χ2v) is 4.71. The van der Waals surface area contributed by atoms with Crippen molar-refractivity contribution in [2.45, 2.75) is 31.7 Å². The highest BCUT2D eigenvalue weighted by Crippen LogP contribution is 2.21. The van der Waals surface area contributed by atoms with Crippen LogP contribution < -0.4 is 0 Å². The Morgan fingerprint density at radius 3 is 2.70 bits per heavy atom. The van der Waals surface area contributed by atoms with Gasteiger partial charge in [-0.05, 0) is 12.0 Å². The Morgan fingerprint density at radius 2 is 2.05 bits per heavy atom. The van der Waals surface area contributed by atoms with Crippen molar-refractivity contribution >= 4 is 12.1 Å². The van der Waals surface area contributed by atoms with E-state index >= 15 is 0 Å². The molecule has 2 atom stereocenters. The van der Waals surface area contributed by atoms with E-state index in [-0.39, 0.29) is 26.0 Å². The summed E-state index contributed by atoms with van der Waals surface area (Å²) in [4.78, 5) is 24.1. The third kappa shape index (κ3) is 3.46. The van der Waals surface area contributed by atoms with Crippen LogP contribution in [0.15, 0.2) is 30.3 Å². The Kier molecular flexibility index (Phi) is 4.55. The van der Waals surface area contributed by atoms with Crippen LogP contribution in [0.2, 0.25) is 0 Å². The summed E-state index contributed by atoms with van der Waals surface area (Å²) in [5, 5.41) is 9.04. The van der Waals surface area contributed by atoms with Crippen molar-refractivity contribution in [3.05, 3.63) is 35.9 Å². The standard InChI is InChI=1S/C14H16FNO4/c15-11-6-7-16(12(8-11)13(17)18)14(19)20-9-10-4-2-1-3-5-10/h1-5,11-12H,6-9H2,(H,17,18)/t11-,12+/m1/s1. The number of hydrogen-bond donors (Lipinski definition) is 1. The average molecular weight is 281 g/mol. The number of carbonyl (C=O) groups excluding carboxylic acids is 1.